The first-order chi connectivity index (χ1) is 8.16. The van der Waals surface area contributed by atoms with Crippen molar-refractivity contribution in [3.8, 4) is 0 Å². The molecular weight excluding hydrogens is 220 g/mol. The minimum atomic E-state index is -0.254. The highest BCUT2D eigenvalue weighted by Gasteiger charge is 2.39. The fraction of sp³-hybridized carbons (Fsp3) is 0.364. The van der Waals surface area contributed by atoms with Crippen LogP contribution in [0.15, 0.2) is 17.1 Å². The summed E-state index contributed by atoms with van der Waals surface area (Å²) in [6, 6.07) is 1.71. The minimum Gasteiger partial charge on any atom is -0.328 e. The lowest BCUT2D eigenvalue weighted by Crippen LogP contribution is -2.16. The van der Waals surface area contributed by atoms with Crippen molar-refractivity contribution in [1.29, 1.82) is 0 Å². The number of rotatable bonds is 2. The van der Waals surface area contributed by atoms with Gasteiger partial charge in [0.05, 0.1) is 5.52 Å². The monoisotopic (exact) mass is 232 g/mol. The van der Waals surface area contributed by atoms with Crippen LogP contribution in [0.2, 0.25) is 0 Å². The molecule has 6 nitrogen and oxygen atoms in total. The maximum atomic E-state index is 11.8. The quantitative estimate of drug-likeness (QED) is 0.716. The second kappa shape index (κ2) is 3.44. The number of aromatic amines is 2. The van der Waals surface area contributed by atoms with Gasteiger partial charge >= 0.3 is 0 Å². The molecule has 0 bridgehead atoms. The van der Waals surface area contributed by atoms with E-state index in [9.17, 15) is 9.59 Å². The Labute approximate surface area is 96.4 Å². The standard InChI is InChI=1S/C11H12N4O2/c1-5-4-6(5)10(16)13-9-8-7(14-15-9)2-3-12-11(8)17/h2-3,5-6H,4H2,1H3,(H,12,17)(H2,13,14,15,16). The van der Waals surface area contributed by atoms with Crippen LogP contribution in [-0.4, -0.2) is 21.1 Å². The number of fused-ring (bicyclic) bond motifs is 1. The Balaban J connectivity index is 1.95. The summed E-state index contributed by atoms with van der Waals surface area (Å²) in [6.07, 6.45) is 2.45. The average molecular weight is 232 g/mol. The third-order valence-electron chi connectivity index (χ3n) is 3.17. The zero-order valence-corrected chi connectivity index (χ0v) is 9.28. The van der Waals surface area contributed by atoms with E-state index in [2.05, 4.69) is 20.5 Å². The Morgan fingerprint density at radius 1 is 1.59 bits per heavy atom. The fourth-order valence-electron chi connectivity index (χ4n) is 1.97. The molecular formula is C11H12N4O2. The molecule has 2 heterocycles. The van der Waals surface area contributed by atoms with Gasteiger partial charge in [-0.3, -0.25) is 14.7 Å². The lowest BCUT2D eigenvalue weighted by molar-refractivity contribution is -0.117. The SMILES string of the molecule is CC1CC1C(=O)Nc1n[nH]c2cc[nH]c(=O)c12. The maximum Gasteiger partial charge on any atom is 0.261 e. The Kier molecular flexibility index (Phi) is 2.04. The van der Waals surface area contributed by atoms with Gasteiger partial charge in [-0.1, -0.05) is 6.92 Å². The van der Waals surface area contributed by atoms with Gasteiger partial charge in [0.25, 0.3) is 5.56 Å². The molecule has 2 aromatic rings. The number of carbonyl (C=O) groups excluding carboxylic acids is 1. The molecule has 0 radical (unpaired) electrons. The predicted octanol–water partition coefficient (Wildman–Crippen LogP) is 0.846. The van der Waals surface area contributed by atoms with Crippen LogP contribution < -0.4 is 10.9 Å². The molecule has 2 aromatic heterocycles. The average Bonchev–Trinajstić information content (AvgIpc) is 2.88. The van der Waals surface area contributed by atoms with Gasteiger partial charge in [0, 0.05) is 12.1 Å². The summed E-state index contributed by atoms with van der Waals surface area (Å²) in [7, 11) is 0. The molecule has 3 rings (SSSR count). The molecule has 0 aromatic carbocycles. The molecule has 88 valence electrons. The number of nitrogens with zero attached hydrogens (tertiary/aromatic N) is 1. The van der Waals surface area contributed by atoms with Crippen molar-refractivity contribution in [3.05, 3.63) is 22.6 Å². The lowest BCUT2D eigenvalue weighted by Gasteiger charge is -1.99. The second-order valence-corrected chi connectivity index (χ2v) is 4.48. The van der Waals surface area contributed by atoms with Gasteiger partial charge < -0.3 is 10.3 Å². The number of hydrogen-bond acceptors (Lipinski definition) is 3. The molecule has 0 saturated heterocycles. The Morgan fingerprint density at radius 2 is 2.35 bits per heavy atom. The topological polar surface area (TPSA) is 90.6 Å². The molecule has 6 heteroatoms. The van der Waals surface area contributed by atoms with E-state index in [-0.39, 0.29) is 17.4 Å². The zero-order chi connectivity index (χ0) is 12.0. The van der Waals surface area contributed by atoms with E-state index >= 15 is 0 Å². The number of hydrogen-bond donors (Lipinski definition) is 3. The molecule has 2 atom stereocenters. The van der Waals surface area contributed by atoms with E-state index in [1.54, 1.807) is 6.07 Å². The molecule has 2 unspecified atom stereocenters. The number of pyridine rings is 1. The van der Waals surface area contributed by atoms with Crippen molar-refractivity contribution in [3.63, 3.8) is 0 Å². The summed E-state index contributed by atoms with van der Waals surface area (Å²) in [5, 5.41) is 9.77. The van der Waals surface area contributed by atoms with E-state index in [0.29, 0.717) is 22.6 Å². The summed E-state index contributed by atoms with van der Waals surface area (Å²) in [5.41, 5.74) is 0.364. The zero-order valence-electron chi connectivity index (χ0n) is 9.28. The molecule has 1 aliphatic carbocycles. The van der Waals surface area contributed by atoms with Crippen LogP contribution in [0.25, 0.3) is 10.9 Å². The summed E-state index contributed by atoms with van der Waals surface area (Å²) >= 11 is 0. The lowest BCUT2D eigenvalue weighted by atomic mass is 10.3. The van der Waals surface area contributed by atoms with Crippen LogP contribution in [0, 0.1) is 11.8 Å². The smallest absolute Gasteiger partial charge is 0.261 e. The molecule has 1 saturated carbocycles. The highest BCUT2D eigenvalue weighted by molar-refractivity contribution is 6.00. The van der Waals surface area contributed by atoms with Crippen molar-refractivity contribution in [2.45, 2.75) is 13.3 Å². The summed E-state index contributed by atoms with van der Waals surface area (Å²) < 4.78 is 0. The van der Waals surface area contributed by atoms with Crippen molar-refractivity contribution < 1.29 is 4.79 Å². The van der Waals surface area contributed by atoms with Gasteiger partial charge in [-0.2, -0.15) is 5.10 Å². The van der Waals surface area contributed by atoms with Gasteiger partial charge in [-0.15, -0.1) is 0 Å². The van der Waals surface area contributed by atoms with Gasteiger partial charge in [-0.05, 0) is 18.4 Å². The van der Waals surface area contributed by atoms with Crippen LogP contribution in [0.5, 0.6) is 0 Å². The highest BCUT2D eigenvalue weighted by Crippen LogP contribution is 2.38. The molecule has 1 aliphatic rings. The van der Waals surface area contributed by atoms with Crippen LogP contribution in [0.4, 0.5) is 5.82 Å². The number of anilines is 1. The van der Waals surface area contributed by atoms with Crippen LogP contribution >= 0.6 is 0 Å². The van der Waals surface area contributed by atoms with Crippen LogP contribution in [0.3, 0.4) is 0 Å². The van der Waals surface area contributed by atoms with E-state index in [1.165, 1.54) is 6.20 Å². The number of amides is 1. The fourth-order valence-corrected chi connectivity index (χ4v) is 1.97. The number of carbonyl (C=O) groups is 1. The third-order valence-corrected chi connectivity index (χ3v) is 3.17. The summed E-state index contributed by atoms with van der Waals surface area (Å²) in [5.74, 6) is 0.739. The molecule has 3 N–H and O–H groups in total. The second-order valence-electron chi connectivity index (χ2n) is 4.48. The molecule has 0 spiro atoms. The van der Waals surface area contributed by atoms with E-state index in [0.717, 1.165) is 6.42 Å². The third kappa shape index (κ3) is 1.61. The molecule has 1 amide bonds. The predicted molar refractivity (Wildman–Crippen MR) is 62.6 cm³/mol. The highest BCUT2D eigenvalue weighted by atomic mass is 16.2. The van der Waals surface area contributed by atoms with Gasteiger partial charge in [0.15, 0.2) is 5.82 Å². The first kappa shape index (κ1) is 10.1. The van der Waals surface area contributed by atoms with E-state index in [1.807, 2.05) is 6.92 Å². The number of nitrogens with one attached hydrogen (secondary N) is 3. The van der Waals surface area contributed by atoms with Crippen molar-refractivity contribution >= 4 is 22.6 Å². The van der Waals surface area contributed by atoms with Gasteiger partial charge in [0.2, 0.25) is 5.91 Å². The normalized spacial score (nSPS) is 22.6. The minimum absolute atomic E-state index is 0.0598. The number of aromatic nitrogens is 3. The molecule has 1 fully saturated rings. The van der Waals surface area contributed by atoms with Crippen LogP contribution in [-0.2, 0) is 4.79 Å². The Hall–Kier alpha value is -2.11. The maximum absolute atomic E-state index is 11.8. The summed E-state index contributed by atoms with van der Waals surface area (Å²) in [4.78, 5) is 25.9. The first-order valence-electron chi connectivity index (χ1n) is 5.53. The van der Waals surface area contributed by atoms with Gasteiger partial charge in [0.1, 0.15) is 5.39 Å². The number of H-pyrrole nitrogens is 2. The van der Waals surface area contributed by atoms with Crippen molar-refractivity contribution in [2.75, 3.05) is 5.32 Å². The molecule has 17 heavy (non-hydrogen) atoms. The van der Waals surface area contributed by atoms with E-state index in [4.69, 9.17) is 0 Å². The Bertz CT molecular complexity index is 642. The largest absolute Gasteiger partial charge is 0.328 e. The van der Waals surface area contributed by atoms with Crippen molar-refractivity contribution in [1.82, 2.24) is 15.2 Å². The Morgan fingerprint density at radius 3 is 3.06 bits per heavy atom. The molecule has 0 aliphatic heterocycles. The van der Waals surface area contributed by atoms with Crippen molar-refractivity contribution in [2.24, 2.45) is 11.8 Å². The first-order valence-corrected chi connectivity index (χ1v) is 5.53. The van der Waals surface area contributed by atoms with Crippen LogP contribution in [0.1, 0.15) is 13.3 Å². The van der Waals surface area contributed by atoms with E-state index < -0.39 is 0 Å². The summed E-state index contributed by atoms with van der Waals surface area (Å²) in [6.45, 7) is 2.03. The van der Waals surface area contributed by atoms with Gasteiger partial charge in [-0.25, -0.2) is 0 Å².